The van der Waals surface area contributed by atoms with Gasteiger partial charge in [0.1, 0.15) is 0 Å². The van der Waals surface area contributed by atoms with Crippen molar-refractivity contribution in [1.82, 2.24) is 4.72 Å². The van der Waals surface area contributed by atoms with Gasteiger partial charge in [-0.3, -0.25) is 9.59 Å². The Bertz CT molecular complexity index is 1020. The first-order valence-electron chi connectivity index (χ1n) is 10.2. The smallest absolute Gasteiger partial charge is 0.242 e. The molecule has 0 aromatic heterocycles. The molecular weight excluding hydrogens is 434 g/mol. The number of thioether (sulfide) groups is 1. The second-order valence-corrected chi connectivity index (χ2v) is 10.7. The van der Waals surface area contributed by atoms with Crippen molar-refractivity contribution in [3.05, 3.63) is 48.5 Å². The molecule has 1 aliphatic carbocycles. The van der Waals surface area contributed by atoms with Crippen LogP contribution in [0.2, 0.25) is 0 Å². The van der Waals surface area contributed by atoms with Gasteiger partial charge in [-0.1, -0.05) is 12.8 Å². The maximum Gasteiger partial charge on any atom is 0.242 e. The van der Waals surface area contributed by atoms with E-state index in [4.69, 9.17) is 0 Å². The van der Waals surface area contributed by atoms with E-state index in [9.17, 15) is 18.0 Å². The van der Waals surface area contributed by atoms with Gasteiger partial charge in [-0.25, -0.2) is 8.42 Å². The molecule has 1 atom stereocenters. The summed E-state index contributed by atoms with van der Waals surface area (Å²) in [6.07, 6.45) is 5.08. The summed E-state index contributed by atoms with van der Waals surface area (Å²) in [5.74, 6) is -0.696. The Balaban J connectivity index is 1.56. The van der Waals surface area contributed by atoms with Crippen LogP contribution in [-0.4, -0.2) is 31.5 Å². The van der Waals surface area contributed by atoms with E-state index in [-0.39, 0.29) is 10.8 Å². The molecule has 0 unspecified atom stereocenters. The van der Waals surface area contributed by atoms with Crippen LogP contribution in [0.3, 0.4) is 0 Å². The lowest BCUT2D eigenvalue weighted by Crippen LogP contribution is -2.41. The molecule has 3 N–H and O–H groups in total. The Morgan fingerprint density at radius 2 is 1.48 bits per heavy atom. The summed E-state index contributed by atoms with van der Waals surface area (Å²) < 4.78 is 27.5. The predicted molar refractivity (Wildman–Crippen MR) is 124 cm³/mol. The van der Waals surface area contributed by atoms with Crippen molar-refractivity contribution in [3.63, 3.8) is 0 Å². The fraction of sp³-hybridized carbons (Fsp3) is 0.364. The summed E-state index contributed by atoms with van der Waals surface area (Å²) in [4.78, 5) is 24.7. The zero-order chi connectivity index (χ0) is 22.4. The van der Waals surface area contributed by atoms with E-state index in [2.05, 4.69) is 15.4 Å². The number of rotatable bonds is 8. The van der Waals surface area contributed by atoms with E-state index >= 15 is 0 Å². The highest BCUT2D eigenvalue weighted by Gasteiger charge is 2.22. The van der Waals surface area contributed by atoms with Crippen LogP contribution in [0.25, 0.3) is 0 Å². The van der Waals surface area contributed by atoms with E-state index in [0.29, 0.717) is 16.6 Å². The fourth-order valence-corrected chi connectivity index (χ4v) is 5.79. The van der Waals surface area contributed by atoms with Gasteiger partial charge < -0.3 is 10.6 Å². The van der Waals surface area contributed by atoms with Gasteiger partial charge in [-0.2, -0.15) is 4.72 Å². The lowest BCUT2D eigenvalue weighted by atomic mass is 10.3. The zero-order valence-corrected chi connectivity index (χ0v) is 19.2. The van der Waals surface area contributed by atoms with Crippen molar-refractivity contribution in [2.45, 2.75) is 60.6 Å². The predicted octanol–water partition coefficient (Wildman–Crippen LogP) is 3.99. The summed E-state index contributed by atoms with van der Waals surface area (Å²) >= 11 is 1.87. The molecule has 3 rings (SSSR count). The topological polar surface area (TPSA) is 104 Å². The molecular formula is C22H27N3O4S2. The van der Waals surface area contributed by atoms with Crippen LogP contribution in [0.5, 0.6) is 0 Å². The first-order valence-corrected chi connectivity index (χ1v) is 12.6. The molecule has 2 aromatic rings. The second-order valence-electron chi connectivity index (χ2n) is 7.59. The van der Waals surface area contributed by atoms with Crippen molar-refractivity contribution in [2.24, 2.45) is 0 Å². The summed E-state index contributed by atoms with van der Waals surface area (Å²) in [6.45, 7) is 2.86. The molecule has 2 amide bonds. The molecule has 7 nitrogen and oxygen atoms in total. The van der Waals surface area contributed by atoms with E-state index in [0.717, 1.165) is 0 Å². The van der Waals surface area contributed by atoms with Crippen molar-refractivity contribution in [2.75, 3.05) is 10.6 Å². The standard InChI is InChI=1S/C22H27N3O4S2/c1-15(25-31(28,29)21-13-9-17(10-14-21)23-16(2)26)22(27)24-18-7-11-20(12-8-18)30-19-5-3-4-6-19/h7-15,19,25H,3-6H2,1-2H3,(H,23,26)(H,24,27)/t15-/m0/s1. The molecule has 31 heavy (non-hydrogen) atoms. The van der Waals surface area contributed by atoms with Crippen molar-refractivity contribution in [1.29, 1.82) is 0 Å². The van der Waals surface area contributed by atoms with Gasteiger partial charge in [0.25, 0.3) is 0 Å². The lowest BCUT2D eigenvalue weighted by molar-refractivity contribution is -0.117. The van der Waals surface area contributed by atoms with Gasteiger partial charge in [0.2, 0.25) is 21.8 Å². The Labute approximate surface area is 187 Å². The van der Waals surface area contributed by atoms with Crippen LogP contribution in [0.15, 0.2) is 58.3 Å². The average molecular weight is 462 g/mol. The van der Waals surface area contributed by atoms with E-state index in [1.807, 2.05) is 36.0 Å². The number of nitrogens with one attached hydrogen (secondary N) is 3. The van der Waals surface area contributed by atoms with Gasteiger partial charge in [0.05, 0.1) is 10.9 Å². The van der Waals surface area contributed by atoms with Gasteiger partial charge in [-0.05, 0) is 68.3 Å². The monoisotopic (exact) mass is 461 g/mol. The third kappa shape index (κ3) is 6.81. The highest BCUT2D eigenvalue weighted by Crippen LogP contribution is 2.34. The third-order valence-electron chi connectivity index (χ3n) is 4.94. The number of hydrogen-bond acceptors (Lipinski definition) is 5. The lowest BCUT2D eigenvalue weighted by Gasteiger charge is -2.15. The van der Waals surface area contributed by atoms with Gasteiger partial charge >= 0.3 is 0 Å². The number of carbonyl (C=O) groups excluding carboxylic acids is 2. The molecule has 2 aromatic carbocycles. The minimum Gasteiger partial charge on any atom is -0.326 e. The number of amides is 2. The van der Waals surface area contributed by atoms with Crippen LogP contribution in [0.1, 0.15) is 39.5 Å². The normalized spacial score (nSPS) is 15.4. The summed E-state index contributed by atoms with van der Waals surface area (Å²) in [5, 5.41) is 5.99. The number of carbonyl (C=O) groups is 2. The second kappa shape index (κ2) is 10.3. The van der Waals surface area contributed by atoms with Crippen LogP contribution in [-0.2, 0) is 19.6 Å². The van der Waals surface area contributed by atoms with Gasteiger partial charge in [0, 0.05) is 28.4 Å². The van der Waals surface area contributed by atoms with Crippen molar-refractivity contribution in [3.8, 4) is 0 Å². The number of anilines is 2. The largest absolute Gasteiger partial charge is 0.326 e. The highest BCUT2D eigenvalue weighted by atomic mass is 32.2. The Morgan fingerprint density at radius 1 is 0.935 bits per heavy atom. The Kier molecular flexibility index (Phi) is 7.74. The van der Waals surface area contributed by atoms with Crippen LogP contribution in [0, 0.1) is 0 Å². The number of hydrogen-bond donors (Lipinski definition) is 3. The van der Waals surface area contributed by atoms with Gasteiger partial charge in [0.15, 0.2) is 0 Å². The maximum atomic E-state index is 12.6. The van der Waals surface area contributed by atoms with Crippen molar-refractivity contribution >= 4 is 45.0 Å². The minimum atomic E-state index is -3.89. The highest BCUT2D eigenvalue weighted by molar-refractivity contribution is 8.00. The molecule has 0 radical (unpaired) electrons. The molecule has 0 heterocycles. The molecule has 9 heteroatoms. The molecule has 1 saturated carbocycles. The van der Waals surface area contributed by atoms with E-state index in [1.165, 1.54) is 68.7 Å². The molecule has 0 bridgehead atoms. The van der Waals surface area contributed by atoms with Crippen LogP contribution < -0.4 is 15.4 Å². The molecule has 0 saturated heterocycles. The summed E-state index contributed by atoms with van der Waals surface area (Å²) in [6, 6.07) is 12.4. The minimum absolute atomic E-state index is 0.00884. The molecule has 0 spiro atoms. The zero-order valence-electron chi connectivity index (χ0n) is 17.6. The molecule has 166 valence electrons. The Hall–Kier alpha value is -2.36. The molecule has 1 aliphatic rings. The van der Waals surface area contributed by atoms with Crippen molar-refractivity contribution < 1.29 is 18.0 Å². The average Bonchev–Trinajstić information content (AvgIpc) is 3.22. The van der Waals surface area contributed by atoms with E-state index in [1.54, 1.807) is 0 Å². The molecule has 0 aliphatic heterocycles. The first kappa shape index (κ1) is 23.3. The van der Waals surface area contributed by atoms with Crippen LogP contribution in [0.4, 0.5) is 11.4 Å². The number of benzene rings is 2. The van der Waals surface area contributed by atoms with E-state index < -0.39 is 22.0 Å². The first-order chi connectivity index (χ1) is 14.7. The third-order valence-corrected chi connectivity index (χ3v) is 7.84. The maximum absolute atomic E-state index is 12.6. The molecule has 1 fully saturated rings. The quantitative estimate of drug-likeness (QED) is 0.551. The number of sulfonamides is 1. The fourth-order valence-electron chi connectivity index (χ4n) is 3.34. The Morgan fingerprint density at radius 3 is 2.06 bits per heavy atom. The summed E-state index contributed by atoms with van der Waals surface area (Å²) in [7, 11) is -3.89. The summed E-state index contributed by atoms with van der Waals surface area (Å²) in [5.41, 5.74) is 1.11. The van der Waals surface area contributed by atoms with Crippen LogP contribution >= 0.6 is 11.8 Å². The van der Waals surface area contributed by atoms with Gasteiger partial charge in [-0.15, -0.1) is 11.8 Å². The SMILES string of the molecule is CC(=O)Nc1ccc(S(=O)(=O)N[C@@H](C)C(=O)Nc2ccc(SC3CCCC3)cc2)cc1.